The highest BCUT2D eigenvalue weighted by atomic mass is 16.1. The number of nitriles is 1. The monoisotopic (exact) mass is 285 g/mol. The van der Waals surface area contributed by atoms with E-state index in [4.69, 9.17) is 5.26 Å². The Labute approximate surface area is 126 Å². The van der Waals surface area contributed by atoms with Gasteiger partial charge in [-0.3, -0.25) is 4.79 Å². The number of benzene rings is 1. The van der Waals surface area contributed by atoms with Gasteiger partial charge in [0, 0.05) is 18.3 Å². The van der Waals surface area contributed by atoms with Crippen LogP contribution in [0.4, 0.5) is 0 Å². The third-order valence-corrected chi connectivity index (χ3v) is 2.74. The van der Waals surface area contributed by atoms with Crippen LogP contribution in [0.5, 0.6) is 0 Å². The number of nitrogens with zero attached hydrogens (tertiary/aromatic N) is 1. The molecule has 1 rings (SSSR count). The van der Waals surface area contributed by atoms with Crippen molar-refractivity contribution in [3.05, 3.63) is 47.2 Å². The molecule has 0 aromatic heterocycles. The van der Waals surface area contributed by atoms with Gasteiger partial charge in [-0.1, -0.05) is 29.8 Å². The minimum absolute atomic E-state index is 0.0918. The first kappa shape index (κ1) is 16.8. The lowest BCUT2D eigenvalue weighted by molar-refractivity contribution is -0.118. The molecule has 0 atom stereocenters. The van der Waals surface area contributed by atoms with E-state index < -0.39 is 0 Å². The van der Waals surface area contributed by atoms with E-state index in [0.717, 1.165) is 6.42 Å². The second kappa shape index (κ2) is 7.49. The summed E-state index contributed by atoms with van der Waals surface area (Å²) >= 11 is 0. The maximum absolute atomic E-state index is 11.9. The molecular formula is C17H23N3O. The highest BCUT2D eigenvalue weighted by Gasteiger charge is 2.16. The van der Waals surface area contributed by atoms with Crippen LogP contribution in [0.2, 0.25) is 0 Å². The van der Waals surface area contributed by atoms with E-state index >= 15 is 0 Å². The average Bonchev–Trinajstić information content (AvgIpc) is 2.36. The summed E-state index contributed by atoms with van der Waals surface area (Å²) in [5, 5.41) is 14.8. The average molecular weight is 285 g/mol. The van der Waals surface area contributed by atoms with Gasteiger partial charge in [-0.25, -0.2) is 0 Å². The SMILES string of the molecule is Cc1cccc(CCN/C=C(/C#N)C(=O)NC(C)(C)C)c1. The molecule has 1 aromatic rings. The summed E-state index contributed by atoms with van der Waals surface area (Å²) in [7, 11) is 0. The van der Waals surface area contributed by atoms with E-state index in [1.807, 2.05) is 32.9 Å². The van der Waals surface area contributed by atoms with Crippen LogP contribution in [0, 0.1) is 18.3 Å². The van der Waals surface area contributed by atoms with Gasteiger partial charge in [0.25, 0.3) is 5.91 Å². The van der Waals surface area contributed by atoms with Crippen LogP contribution in [0.15, 0.2) is 36.0 Å². The molecule has 0 spiro atoms. The fourth-order valence-electron chi connectivity index (χ4n) is 1.81. The van der Waals surface area contributed by atoms with Gasteiger partial charge in [0.15, 0.2) is 0 Å². The van der Waals surface area contributed by atoms with E-state index in [2.05, 4.69) is 35.8 Å². The molecule has 1 amide bonds. The van der Waals surface area contributed by atoms with Crippen LogP contribution in [-0.2, 0) is 11.2 Å². The Morgan fingerprint density at radius 3 is 2.67 bits per heavy atom. The molecule has 0 bridgehead atoms. The minimum atomic E-state index is -0.354. The molecule has 0 saturated heterocycles. The lowest BCUT2D eigenvalue weighted by Crippen LogP contribution is -2.41. The Morgan fingerprint density at radius 1 is 1.38 bits per heavy atom. The first-order chi connectivity index (χ1) is 9.81. The number of carbonyl (C=O) groups excluding carboxylic acids is 1. The molecule has 0 aliphatic heterocycles. The predicted octanol–water partition coefficient (Wildman–Crippen LogP) is 2.45. The molecule has 0 radical (unpaired) electrons. The van der Waals surface area contributed by atoms with E-state index in [0.29, 0.717) is 6.54 Å². The fourth-order valence-corrected chi connectivity index (χ4v) is 1.81. The minimum Gasteiger partial charge on any atom is -0.389 e. The van der Waals surface area contributed by atoms with Gasteiger partial charge in [0.05, 0.1) is 0 Å². The molecular weight excluding hydrogens is 262 g/mol. The van der Waals surface area contributed by atoms with Crippen molar-refractivity contribution >= 4 is 5.91 Å². The number of aryl methyl sites for hydroxylation is 1. The molecule has 4 nitrogen and oxygen atoms in total. The third kappa shape index (κ3) is 6.62. The topological polar surface area (TPSA) is 64.9 Å². The van der Waals surface area contributed by atoms with Crippen LogP contribution in [-0.4, -0.2) is 18.0 Å². The zero-order valence-corrected chi connectivity index (χ0v) is 13.2. The Bertz CT molecular complexity index is 562. The number of amides is 1. The summed E-state index contributed by atoms with van der Waals surface area (Å²) in [5.74, 6) is -0.354. The van der Waals surface area contributed by atoms with Crippen molar-refractivity contribution in [3.63, 3.8) is 0 Å². The van der Waals surface area contributed by atoms with Crippen molar-refractivity contribution in [2.24, 2.45) is 0 Å². The number of hydrogen-bond donors (Lipinski definition) is 2. The smallest absolute Gasteiger partial charge is 0.263 e. The summed E-state index contributed by atoms with van der Waals surface area (Å²) < 4.78 is 0. The predicted molar refractivity (Wildman–Crippen MR) is 84.5 cm³/mol. The van der Waals surface area contributed by atoms with E-state index in [1.54, 1.807) is 0 Å². The Hall–Kier alpha value is -2.28. The summed E-state index contributed by atoms with van der Waals surface area (Å²) in [5.41, 5.74) is 2.20. The van der Waals surface area contributed by atoms with Crippen molar-refractivity contribution in [1.82, 2.24) is 10.6 Å². The van der Waals surface area contributed by atoms with Gasteiger partial charge in [-0.2, -0.15) is 5.26 Å². The molecule has 0 aliphatic rings. The van der Waals surface area contributed by atoms with Crippen molar-refractivity contribution < 1.29 is 4.79 Å². The summed E-state index contributed by atoms with van der Waals surface area (Å²) in [6.45, 7) is 8.38. The molecule has 0 fully saturated rings. The summed E-state index contributed by atoms with van der Waals surface area (Å²) in [6, 6.07) is 10.2. The lowest BCUT2D eigenvalue weighted by atomic mass is 10.1. The van der Waals surface area contributed by atoms with E-state index in [1.165, 1.54) is 17.3 Å². The number of rotatable bonds is 5. The van der Waals surface area contributed by atoms with E-state index in [-0.39, 0.29) is 17.0 Å². The molecule has 2 N–H and O–H groups in total. The van der Waals surface area contributed by atoms with Gasteiger partial charge in [0.2, 0.25) is 0 Å². The largest absolute Gasteiger partial charge is 0.389 e. The molecule has 4 heteroatoms. The van der Waals surface area contributed by atoms with Crippen molar-refractivity contribution in [3.8, 4) is 6.07 Å². The first-order valence-electron chi connectivity index (χ1n) is 7.03. The lowest BCUT2D eigenvalue weighted by Gasteiger charge is -2.20. The number of carbonyl (C=O) groups is 1. The Kier molecular flexibility index (Phi) is 5.98. The number of hydrogen-bond acceptors (Lipinski definition) is 3. The van der Waals surface area contributed by atoms with Crippen LogP contribution in [0.3, 0.4) is 0 Å². The molecule has 0 aliphatic carbocycles. The maximum Gasteiger partial charge on any atom is 0.263 e. The van der Waals surface area contributed by atoms with Crippen molar-refractivity contribution in [2.75, 3.05) is 6.54 Å². The maximum atomic E-state index is 11.9. The van der Waals surface area contributed by atoms with Crippen molar-refractivity contribution in [2.45, 2.75) is 39.7 Å². The Morgan fingerprint density at radius 2 is 2.10 bits per heavy atom. The normalized spacial score (nSPS) is 11.7. The fraction of sp³-hybridized carbons (Fsp3) is 0.412. The van der Waals surface area contributed by atoms with Crippen LogP contribution >= 0.6 is 0 Å². The standard InChI is InChI=1S/C17H23N3O/c1-13-6-5-7-14(10-13)8-9-19-12-15(11-18)16(21)20-17(2,3)4/h5-7,10,12,19H,8-9H2,1-4H3,(H,20,21)/b15-12-. The molecule has 112 valence electrons. The second-order valence-electron chi connectivity index (χ2n) is 6.07. The molecule has 1 aromatic carbocycles. The van der Waals surface area contributed by atoms with Crippen LogP contribution < -0.4 is 10.6 Å². The van der Waals surface area contributed by atoms with E-state index in [9.17, 15) is 4.79 Å². The zero-order valence-electron chi connectivity index (χ0n) is 13.2. The zero-order chi connectivity index (χ0) is 15.9. The molecule has 21 heavy (non-hydrogen) atoms. The quantitative estimate of drug-likeness (QED) is 0.496. The van der Waals surface area contributed by atoms with Crippen LogP contribution in [0.1, 0.15) is 31.9 Å². The Balaban J connectivity index is 2.50. The third-order valence-electron chi connectivity index (χ3n) is 2.74. The molecule has 0 heterocycles. The van der Waals surface area contributed by atoms with Gasteiger partial charge in [-0.05, 0) is 39.7 Å². The van der Waals surface area contributed by atoms with Gasteiger partial charge in [0.1, 0.15) is 11.6 Å². The summed E-state index contributed by atoms with van der Waals surface area (Å²) in [6.07, 6.45) is 2.33. The van der Waals surface area contributed by atoms with Crippen molar-refractivity contribution in [1.29, 1.82) is 5.26 Å². The van der Waals surface area contributed by atoms with Crippen LogP contribution in [0.25, 0.3) is 0 Å². The van der Waals surface area contributed by atoms with Gasteiger partial charge < -0.3 is 10.6 Å². The first-order valence-corrected chi connectivity index (χ1v) is 7.03. The number of nitrogens with one attached hydrogen (secondary N) is 2. The van der Waals surface area contributed by atoms with Gasteiger partial charge >= 0.3 is 0 Å². The second-order valence-corrected chi connectivity index (χ2v) is 6.07. The van der Waals surface area contributed by atoms with Gasteiger partial charge in [-0.15, -0.1) is 0 Å². The molecule has 0 saturated carbocycles. The highest BCUT2D eigenvalue weighted by Crippen LogP contribution is 2.04. The summed E-state index contributed by atoms with van der Waals surface area (Å²) in [4.78, 5) is 11.9. The highest BCUT2D eigenvalue weighted by molar-refractivity contribution is 5.97. The molecule has 0 unspecified atom stereocenters.